The second-order valence-corrected chi connectivity index (χ2v) is 5.92. The van der Waals surface area contributed by atoms with Crippen molar-refractivity contribution in [3.05, 3.63) is 70.5 Å². The van der Waals surface area contributed by atoms with Gasteiger partial charge in [0, 0.05) is 6.92 Å². The van der Waals surface area contributed by atoms with Crippen molar-refractivity contribution in [3.63, 3.8) is 0 Å². The first-order valence-electron chi connectivity index (χ1n) is 8.35. The lowest BCUT2D eigenvalue weighted by atomic mass is 10.0. The molecule has 8 nitrogen and oxygen atoms in total. The molecular weight excluding hydrogens is 348 g/mol. The van der Waals surface area contributed by atoms with Crippen LogP contribution in [0.25, 0.3) is 10.9 Å². The number of carbonyl (C=O) groups is 2. The number of aromatic nitrogens is 3. The number of hydrogen-bond acceptors (Lipinski definition) is 6. The molecule has 0 aliphatic rings. The number of benzene rings is 2. The molecule has 138 valence electrons. The summed E-state index contributed by atoms with van der Waals surface area (Å²) in [7, 11) is 0. The highest BCUT2D eigenvalue weighted by Gasteiger charge is 2.18. The number of hydrogen-bond donors (Lipinski definition) is 1. The van der Waals surface area contributed by atoms with Crippen molar-refractivity contribution in [2.45, 2.75) is 26.1 Å². The second kappa shape index (κ2) is 8.22. The molecule has 1 aromatic heterocycles. The van der Waals surface area contributed by atoms with Crippen LogP contribution in [0.1, 0.15) is 24.9 Å². The molecule has 0 spiro atoms. The van der Waals surface area contributed by atoms with Crippen LogP contribution in [0.2, 0.25) is 0 Å². The monoisotopic (exact) mass is 366 g/mol. The third kappa shape index (κ3) is 4.55. The van der Waals surface area contributed by atoms with Crippen LogP contribution in [0.15, 0.2) is 59.4 Å². The summed E-state index contributed by atoms with van der Waals surface area (Å²) in [6, 6.07) is 15.4. The van der Waals surface area contributed by atoms with E-state index in [0.717, 1.165) is 10.2 Å². The van der Waals surface area contributed by atoms with E-state index in [1.165, 1.54) is 6.92 Å². The maximum Gasteiger partial charge on any atom is 0.310 e. The molecule has 3 rings (SSSR count). The van der Waals surface area contributed by atoms with E-state index in [2.05, 4.69) is 15.6 Å². The normalized spacial score (nSPS) is 11.7. The van der Waals surface area contributed by atoms with Gasteiger partial charge in [0.25, 0.3) is 5.56 Å². The zero-order valence-corrected chi connectivity index (χ0v) is 14.7. The first-order chi connectivity index (χ1) is 13.0. The van der Waals surface area contributed by atoms with Crippen molar-refractivity contribution < 1.29 is 14.3 Å². The zero-order valence-electron chi connectivity index (χ0n) is 14.7. The summed E-state index contributed by atoms with van der Waals surface area (Å²) < 4.78 is 6.14. The molecule has 0 saturated heterocycles. The lowest BCUT2D eigenvalue weighted by Crippen LogP contribution is -2.30. The fraction of sp³-hybridized carbons (Fsp3) is 0.211. The molecule has 27 heavy (non-hydrogen) atoms. The van der Waals surface area contributed by atoms with Gasteiger partial charge in [0.2, 0.25) is 5.91 Å². The Hall–Kier alpha value is -3.55. The zero-order chi connectivity index (χ0) is 19.2. The number of carbonyl (C=O) groups excluding carboxylic acids is 2. The van der Waals surface area contributed by atoms with Crippen LogP contribution in [0, 0.1) is 0 Å². The Morgan fingerprint density at radius 3 is 2.56 bits per heavy atom. The van der Waals surface area contributed by atoms with E-state index in [1.807, 2.05) is 30.3 Å². The van der Waals surface area contributed by atoms with Crippen molar-refractivity contribution in [3.8, 4) is 0 Å². The molecule has 0 fully saturated rings. The topological polar surface area (TPSA) is 103 Å². The molecule has 0 bridgehead atoms. The maximum atomic E-state index is 12.3. The van der Waals surface area contributed by atoms with Crippen molar-refractivity contribution in [2.75, 3.05) is 0 Å². The molecule has 0 aliphatic carbocycles. The van der Waals surface area contributed by atoms with Gasteiger partial charge in [-0.15, -0.1) is 5.10 Å². The lowest BCUT2D eigenvalue weighted by Gasteiger charge is -2.17. The Morgan fingerprint density at radius 2 is 1.81 bits per heavy atom. The quantitative estimate of drug-likeness (QED) is 0.664. The molecular formula is C19H18N4O4. The van der Waals surface area contributed by atoms with Gasteiger partial charge in [0.1, 0.15) is 5.52 Å². The molecule has 1 amide bonds. The van der Waals surface area contributed by atoms with E-state index in [1.54, 1.807) is 24.3 Å². The average molecular weight is 366 g/mol. The van der Waals surface area contributed by atoms with Crippen LogP contribution in [0.3, 0.4) is 0 Å². The number of esters is 1. The minimum Gasteiger partial charge on any atom is -0.442 e. The third-order valence-corrected chi connectivity index (χ3v) is 3.93. The van der Waals surface area contributed by atoms with Gasteiger partial charge >= 0.3 is 5.97 Å². The molecule has 3 aromatic rings. The number of rotatable bonds is 6. The first-order valence-corrected chi connectivity index (χ1v) is 8.35. The van der Waals surface area contributed by atoms with E-state index >= 15 is 0 Å². The number of fused-ring (bicyclic) bond motifs is 1. The number of nitrogens with one attached hydrogen (secondary N) is 1. The highest BCUT2D eigenvalue weighted by atomic mass is 16.5. The number of nitrogens with zero attached hydrogens (tertiary/aromatic N) is 3. The van der Waals surface area contributed by atoms with Gasteiger partial charge in [0.15, 0.2) is 6.73 Å². The predicted octanol–water partition coefficient (Wildman–Crippen LogP) is 1.56. The van der Waals surface area contributed by atoms with Crippen LogP contribution in [0.5, 0.6) is 0 Å². The van der Waals surface area contributed by atoms with Crippen LogP contribution < -0.4 is 10.9 Å². The minimum absolute atomic E-state index is 0.0701. The summed E-state index contributed by atoms with van der Waals surface area (Å²) in [5.41, 5.74) is 0.863. The second-order valence-electron chi connectivity index (χ2n) is 5.92. The standard InChI is InChI=1S/C19H18N4O4/c1-13(24)20-17(14-7-3-2-4-8-14)11-18(25)27-12-23-19(26)15-9-5-6-10-16(15)21-22-23/h2-10,17H,11-12H2,1H3,(H,20,24)/t17-/m1/s1. The smallest absolute Gasteiger partial charge is 0.310 e. The fourth-order valence-corrected chi connectivity index (χ4v) is 2.65. The van der Waals surface area contributed by atoms with Crippen molar-refractivity contribution in [1.82, 2.24) is 20.3 Å². The highest BCUT2D eigenvalue weighted by Crippen LogP contribution is 2.17. The average Bonchev–Trinajstić information content (AvgIpc) is 2.67. The lowest BCUT2D eigenvalue weighted by molar-refractivity contribution is -0.148. The Kier molecular flexibility index (Phi) is 5.55. The molecule has 1 heterocycles. The van der Waals surface area contributed by atoms with E-state index in [9.17, 15) is 14.4 Å². The molecule has 0 aliphatic heterocycles. The van der Waals surface area contributed by atoms with Gasteiger partial charge in [0.05, 0.1) is 17.8 Å². The van der Waals surface area contributed by atoms with E-state index in [0.29, 0.717) is 10.9 Å². The summed E-state index contributed by atoms with van der Waals surface area (Å²) in [5.74, 6) is -0.826. The third-order valence-electron chi connectivity index (χ3n) is 3.93. The van der Waals surface area contributed by atoms with Crippen LogP contribution in [-0.2, 0) is 21.1 Å². The van der Waals surface area contributed by atoms with Gasteiger partial charge in [-0.25, -0.2) is 0 Å². The van der Waals surface area contributed by atoms with Crippen molar-refractivity contribution in [2.24, 2.45) is 0 Å². The van der Waals surface area contributed by atoms with Gasteiger partial charge in [-0.1, -0.05) is 47.7 Å². The van der Waals surface area contributed by atoms with Gasteiger partial charge in [-0.2, -0.15) is 4.68 Å². The summed E-state index contributed by atoms with van der Waals surface area (Å²) >= 11 is 0. The summed E-state index contributed by atoms with van der Waals surface area (Å²) in [5, 5.41) is 10.8. The predicted molar refractivity (Wildman–Crippen MR) is 97.5 cm³/mol. The summed E-state index contributed by atoms with van der Waals surface area (Å²) in [6.45, 7) is 1.03. The van der Waals surface area contributed by atoms with Gasteiger partial charge < -0.3 is 10.1 Å². The Bertz CT molecular complexity index is 1020. The summed E-state index contributed by atoms with van der Waals surface area (Å²) in [4.78, 5) is 36.0. The Labute approximate surface area is 154 Å². The molecule has 8 heteroatoms. The molecule has 0 unspecified atom stereocenters. The van der Waals surface area contributed by atoms with E-state index in [-0.39, 0.29) is 19.1 Å². The van der Waals surface area contributed by atoms with Crippen molar-refractivity contribution >= 4 is 22.8 Å². The van der Waals surface area contributed by atoms with Crippen LogP contribution in [-0.4, -0.2) is 26.9 Å². The molecule has 2 aromatic carbocycles. The van der Waals surface area contributed by atoms with Gasteiger partial charge in [-0.3, -0.25) is 14.4 Å². The van der Waals surface area contributed by atoms with Crippen molar-refractivity contribution in [1.29, 1.82) is 0 Å². The SMILES string of the molecule is CC(=O)N[C@H](CC(=O)OCn1nnc2ccccc2c1=O)c1ccccc1. The molecule has 0 saturated carbocycles. The van der Waals surface area contributed by atoms with Gasteiger partial charge in [-0.05, 0) is 17.7 Å². The van der Waals surface area contributed by atoms with E-state index < -0.39 is 17.6 Å². The Balaban J connectivity index is 1.69. The number of ether oxygens (including phenoxy) is 1. The highest BCUT2D eigenvalue weighted by molar-refractivity contribution is 5.77. The number of amides is 1. The van der Waals surface area contributed by atoms with Crippen LogP contribution in [0.4, 0.5) is 0 Å². The fourth-order valence-electron chi connectivity index (χ4n) is 2.65. The minimum atomic E-state index is -0.570. The van der Waals surface area contributed by atoms with Crippen LogP contribution >= 0.6 is 0 Å². The first kappa shape index (κ1) is 18.2. The largest absolute Gasteiger partial charge is 0.442 e. The Morgan fingerprint density at radius 1 is 1.11 bits per heavy atom. The maximum absolute atomic E-state index is 12.3. The molecule has 1 N–H and O–H groups in total. The molecule has 0 radical (unpaired) electrons. The van der Waals surface area contributed by atoms with E-state index in [4.69, 9.17) is 4.74 Å². The molecule has 1 atom stereocenters. The summed E-state index contributed by atoms with van der Waals surface area (Å²) in [6.07, 6.45) is -0.0701.